The van der Waals surface area contributed by atoms with Crippen molar-refractivity contribution in [3.8, 4) is 5.75 Å². The molecule has 0 unspecified atom stereocenters. The molecule has 8 nitrogen and oxygen atoms in total. The topological polar surface area (TPSA) is 96.0 Å². The first kappa shape index (κ1) is 32.0. The molecule has 0 bridgehead atoms. The van der Waals surface area contributed by atoms with Gasteiger partial charge in [0.2, 0.25) is 11.8 Å². The zero-order chi connectivity index (χ0) is 30.2. The van der Waals surface area contributed by atoms with Gasteiger partial charge in [0.05, 0.1) is 17.2 Å². The number of carbonyl (C=O) groups excluding carboxylic acids is 2. The van der Waals surface area contributed by atoms with Crippen molar-refractivity contribution in [1.82, 2.24) is 10.2 Å². The Balaban J connectivity index is 2.08. The number of nitrogens with zero attached hydrogens (tertiary/aromatic N) is 2. The monoisotopic (exact) mass is 601 g/mol. The van der Waals surface area contributed by atoms with Gasteiger partial charge < -0.3 is 15.0 Å². The predicted molar refractivity (Wildman–Crippen MR) is 160 cm³/mol. The van der Waals surface area contributed by atoms with Gasteiger partial charge in [0, 0.05) is 17.5 Å². The van der Waals surface area contributed by atoms with Crippen LogP contribution in [0.25, 0.3) is 0 Å². The summed E-state index contributed by atoms with van der Waals surface area (Å²) in [6, 6.07) is 17.4. The molecule has 3 rings (SSSR count). The van der Waals surface area contributed by atoms with Crippen LogP contribution in [0.3, 0.4) is 0 Å². The Labute approximate surface area is 245 Å². The summed E-state index contributed by atoms with van der Waals surface area (Å²) in [6.45, 7) is 6.61. The molecule has 0 spiro atoms. The standard InChI is InChI=1S/C30H36FN3O5S2/c1-6-39-28-10-8-7-9-27(28)34(41(37,38)26-17-15-25(40-5)16-18-26)20-29(35)33(22(4)30(36)32-21(2)3)19-23-11-13-24(31)14-12-23/h7-18,21-22H,6,19-20H2,1-5H3,(H,32,36)/t22-/m0/s1. The van der Waals surface area contributed by atoms with Crippen molar-refractivity contribution in [2.24, 2.45) is 0 Å². The number of benzene rings is 3. The molecule has 0 saturated carbocycles. The van der Waals surface area contributed by atoms with Crippen LogP contribution in [-0.4, -0.2) is 56.6 Å². The highest BCUT2D eigenvalue weighted by Gasteiger charge is 2.34. The van der Waals surface area contributed by atoms with Crippen LogP contribution in [0.5, 0.6) is 5.75 Å². The smallest absolute Gasteiger partial charge is 0.264 e. The molecule has 3 aromatic rings. The van der Waals surface area contributed by atoms with Crippen molar-refractivity contribution in [1.29, 1.82) is 0 Å². The highest BCUT2D eigenvalue weighted by molar-refractivity contribution is 7.98. The molecule has 2 amide bonds. The summed E-state index contributed by atoms with van der Waals surface area (Å²) in [5, 5.41) is 2.80. The van der Waals surface area contributed by atoms with Crippen molar-refractivity contribution >= 4 is 39.3 Å². The third-order valence-corrected chi connectivity index (χ3v) is 8.74. The summed E-state index contributed by atoms with van der Waals surface area (Å²) in [5.41, 5.74) is 0.776. The van der Waals surface area contributed by atoms with Crippen molar-refractivity contribution in [3.05, 3.63) is 84.2 Å². The van der Waals surface area contributed by atoms with E-state index in [1.54, 1.807) is 64.1 Å². The lowest BCUT2D eigenvalue weighted by Gasteiger charge is -2.32. The van der Waals surface area contributed by atoms with E-state index in [0.717, 1.165) is 9.20 Å². The van der Waals surface area contributed by atoms with Crippen molar-refractivity contribution in [3.63, 3.8) is 0 Å². The van der Waals surface area contributed by atoms with E-state index >= 15 is 0 Å². The average Bonchev–Trinajstić information content (AvgIpc) is 2.95. The number of halogens is 1. The fraction of sp³-hybridized carbons (Fsp3) is 0.333. The van der Waals surface area contributed by atoms with E-state index < -0.39 is 40.2 Å². The normalized spacial score (nSPS) is 12.1. The number of hydrogen-bond acceptors (Lipinski definition) is 6. The number of carbonyl (C=O) groups is 2. The molecule has 220 valence electrons. The van der Waals surface area contributed by atoms with E-state index in [1.165, 1.54) is 53.1 Å². The van der Waals surface area contributed by atoms with Gasteiger partial charge in [-0.25, -0.2) is 12.8 Å². The van der Waals surface area contributed by atoms with Crippen molar-refractivity contribution in [2.45, 2.75) is 56.1 Å². The summed E-state index contributed by atoms with van der Waals surface area (Å²) in [5.74, 6) is -1.15. The van der Waals surface area contributed by atoms with E-state index in [0.29, 0.717) is 11.3 Å². The number of ether oxygens (including phenoxy) is 1. The fourth-order valence-electron chi connectivity index (χ4n) is 4.10. The van der Waals surface area contributed by atoms with Crippen LogP contribution in [0.4, 0.5) is 10.1 Å². The van der Waals surface area contributed by atoms with Crippen LogP contribution in [0, 0.1) is 5.82 Å². The van der Waals surface area contributed by atoms with Crippen LogP contribution >= 0.6 is 11.8 Å². The molecule has 0 aliphatic heterocycles. The van der Waals surface area contributed by atoms with Crippen LogP contribution in [0.15, 0.2) is 82.6 Å². The Morgan fingerprint density at radius 3 is 2.20 bits per heavy atom. The van der Waals surface area contributed by atoms with Gasteiger partial charge in [-0.1, -0.05) is 24.3 Å². The first-order valence-electron chi connectivity index (χ1n) is 13.2. The van der Waals surface area contributed by atoms with Gasteiger partial charge in [-0.2, -0.15) is 0 Å². The molecule has 1 atom stereocenters. The molecule has 1 N–H and O–H groups in total. The quantitative estimate of drug-likeness (QED) is 0.275. The van der Waals surface area contributed by atoms with E-state index in [4.69, 9.17) is 4.74 Å². The van der Waals surface area contributed by atoms with E-state index in [2.05, 4.69) is 5.32 Å². The zero-order valence-electron chi connectivity index (χ0n) is 23.8. The molecule has 0 radical (unpaired) electrons. The molecule has 11 heteroatoms. The van der Waals surface area contributed by atoms with Crippen molar-refractivity contribution < 1.29 is 27.1 Å². The Bertz CT molecular complexity index is 1430. The first-order valence-corrected chi connectivity index (χ1v) is 15.9. The largest absolute Gasteiger partial charge is 0.492 e. The molecule has 0 saturated heterocycles. The second kappa shape index (κ2) is 14.4. The Kier molecular flexibility index (Phi) is 11.2. The van der Waals surface area contributed by atoms with Gasteiger partial charge in [-0.15, -0.1) is 11.8 Å². The molecule has 0 aliphatic rings. The van der Waals surface area contributed by atoms with Gasteiger partial charge in [-0.05, 0) is 88.0 Å². The minimum absolute atomic E-state index is 0.00471. The number of para-hydroxylation sites is 2. The van der Waals surface area contributed by atoms with Crippen LogP contribution in [-0.2, 0) is 26.2 Å². The number of nitrogens with one attached hydrogen (secondary N) is 1. The SMILES string of the molecule is CCOc1ccccc1N(CC(=O)N(Cc1ccc(F)cc1)[C@@H](C)C(=O)NC(C)C)S(=O)(=O)c1ccc(SC)cc1. The van der Waals surface area contributed by atoms with Gasteiger partial charge >= 0.3 is 0 Å². The number of hydrogen-bond donors (Lipinski definition) is 1. The zero-order valence-corrected chi connectivity index (χ0v) is 25.5. The van der Waals surface area contributed by atoms with Gasteiger partial charge in [-0.3, -0.25) is 13.9 Å². The molecule has 3 aromatic carbocycles. The minimum Gasteiger partial charge on any atom is -0.492 e. The number of anilines is 1. The number of sulfonamides is 1. The maximum atomic E-state index is 14.1. The molecule has 0 aromatic heterocycles. The summed E-state index contributed by atoms with van der Waals surface area (Å²) in [6.07, 6.45) is 1.89. The van der Waals surface area contributed by atoms with E-state index in [9.17, 15) is 22.4 Å². The summed E-state index contributed by atoms with van der Waals surface area (Å²) in [4.78, 5) is 29.2. The third kappa shape index (κ3) is 8.23. The highest BCUT2D eigenvalue weighted by Crippen LogP contribution is 2.33. The van der Waals surface area contributed by atoms with Gasteiger partial charge in [0.25, 0.3) is 10.0 Å². The maximum absolute atomic E-state index is 14.1. The minimum atomic E-state index is -4.25. The molecular formula is C30H36FN3O5S2. The number of thioether (sulfide) groups is 1. The van der Waals surface area contributed by atoms with Crippen molar-refractivity contribution in [2.75, 3.05) is 23.7 Å². The summed E-state index contributed by atoms with van der Waals surface area (Å²) >= 11 is 1.48. The molecular weight excluding hydrogens is 565 g/mol. The predicted octanol–water partition coefficient (Wildman–Crippen LogP) is 5.08. The van der Waals surface area contributed by atoms with Crippen LogP contribution in [0.2, 0.25) is 0 Å². The third-order valence-electron chi connectivity index (χ3n) is 6.22. The maximum Gasteiger partial charge on any atom is 0.264 e. The van der Waals surface area contributed by atoms with Gasteiger partial charge in [0.1, 0.15) is 24.2 Å². The number of amides is 2. The molecule has 41 heavy (non-hydrogen) atoms. The Morgan fingerprint density at radius 2 is 1.61 bits per heavy atom. The molecule has 0 aliphatic carbocycles. The molecule has 0 fully saturated rings. The summed E-state index contributed by atoms with van der Waals surface area (Å²) in [7, 11) is -4.25. The highest BCUT2D eigenvalue weighted by atomic mass is 32.2. The van der Waals surface area contributed by atoms with E-state index in [1.807, 2.05) is 6.26 Å². The van der Waals surface area contributed by atoms with Gasteiger partial charge in [0.15, 0.2) is 0 Å². The fourth-order valence-corrected chi connectivity index (χ4v) is 5.94. The lowest BCUT2D eigenvalue weighted by Crippen LogP contribution is -2.52. The molecule has 0 heterocycles. The number of rotatable bonds is 13. The lowest BCUT2D eigenvalue weighted by molar-refractivity contribution is -0.139. The average molecular weight is 602 g/mol. The summed E-state index contributed by atoms with van der Waals surface area (Å²) < 4.78 is 48.5. The Hall–Kier alpha value is -3.57. The second-order valence-electron chi connectivity index (χ2n) is 9.58. The lowest BCUT2D eigenvalue weighted by atomic mass is 10.1. The Morgan fingerprint density at radius 1 is 0.976 bits per heavy atom. The van der Waals surface area contributed by atoms with E-state index in [-0.39, 0.29) is 29.8 Å². The second-order valence-corrected chi connectivity index (χ2v) is 12.3. The van der Waals surface area contributed by atoms with Crippen LogP contribution in [0.1, 0.15) is 33.3 Å². The first-order chi connectivity index (χ1) is 19.5. The van der Waals surface area contributed by atoms with Crippen LogP contribution < -0.4 is 14.4 Å².